The summed E-state index contributed by atoms with van der Waals surface area (Å²) < 4.78 is 0. The quantitative estimate of drug-likeness (QED) is 0.728. The molecule has 2 aromatic rings. The van der Waals surface area contributed by atoms with Crippen LogP contribution in [0, 0.1) is 0 Å². The molecule has 0 radical (unpaired) electrons. The van der Waals surface area contributed by atoms with Crippen molar-refractivity contribution < 1.29 is 9.59 Å². The van der Waals surface area contributed by atoms with Crippen LogP contribution >= 0.6 is 0 Å². The number of carbonyl (C=O) groups excluding carboxylic acids is 2. The summed E-state index contributed by atoms with van der Waals surface area (Å²) in [4.78, 5) is 23.1. The highest BCUT2D eigenvalue weighted by Crippen LogP contribution is 1.97. The van der Waals surface area contributed by atoms with Gasteiger partial charge in [0.15, 0.2) is 0 Å². The monoisotopic (exact) mass is 258 g/mol. The minimum Gasteiger partial charge on any atom is -0.350 e. The Morgan fingerprint density at radius 1 is 1.16 bits per heavy atom. The second-order valence-electron chi connectivity index (χ2n) is 3.93. The molecule has 0 aliphatic carbocycles. The molecule has 19 heavy (non-hydrogen) atoms. The number of benzene rings is 1. The molecule has 0 saturated heterocycles. The van der Waals surface area contributed by atoms with Crippen molar-refractivity contribution in [3.8, 4) is 0 Å². The second-order valence-corrected chi connectivity index (χ2v) is 3.93. The zero-order chi connectivity index (χ0) is 13.5. The summed E-state index contributed by atoms with van der Waals surface area (Å²) in [6.45, 7) is 0.387. The molecule has 0 aliphatic rings. The van der Waals surface area contributed by atoms with E-state index in [4.69, 9.17) is 0 Å². The predicted octanol–water partition coefficient (Wildman–Crippen LogP) is 0.456. The van der Waals surface area contributed by atoms with Crippen molar-refractivity contribution in [2.24, 2.45) is 0 Å². The van der Waals surface area contributed by atoms with Crippen LogP contribution in [-0.4, -0.2) is 28.6 Å². The van der Waals surface area contributed by atoms with E-state index in [1.807, 2.05) is 30.3 Å². The van der Waals surface area contributed by atoms with Crippen molar-refractivity contribution in [2.45, 2.75) is 6.54 Å². The van der Waals surface area contributed by atoms with Gasteiger partial charge in [0, 0.05) is 12.7 Å². The van der Waals surface area contributed by atoms with Crippen LogP contribution in [0.5, 0.6) is 0 Å². The van der Waals surface area contributed by atoms with Crippen molar-refractivity contribution in [1.82, 2.24) is 20.8 Å². The molecule has 1 heterocycles. The number of nitrogens with one attached hydrogen (secondary N) is 3. The van der Waals surface area contributed by atoms with E-state index < -0.39 is 0 Å². The first-order valence-corrected chi connectivity index (χ1v) is 5.83. The molecule has 6 nitrogen and oxygen atoms in total. The van der Waals surface area contributed by atoms with E-state index >= 15 is 0 Å². The van der Waals surface area contributed by atoms with Gasteiger partial charge in [-0.25, -0.2) is 0 Å². The lowest BCUT2D eigenvalue weighted by molar-refractivity contribution is -0.120. The normalized spacial score (nSPS) is 9.89. The number of hydrogen-bond acceptors (Lipinski definition) is 3. The molecule has 3 N–H and O–H groups in total. The van der Waals surface area contributed by atoms with E-state index in [1.165, 1.54) is 12.4 Å². The van der Waals surface area contributed by atoms with Crippen molar-refractivity contribution in [3.63, 3.8) is 0 Å². The van der Waals surface area contributed by atoms with Crippen LogP contribution in [-0.2, 0) is 11.3 Å². The fourth-order valence-corrected chi connectivity index (χ4v) is 1.50. The molecule has 1 aromatic carbocycles. The molecular formula is C13H14N4O2. The summed E-state index contributed by atoms with van der Waals surface area (Å²) in [6, 6.07) is 9.56. The van der Waals surface area contributed by atoms with Gasteiger partial charge in [0.1, 0.15) is 0 Å². The molecule has 2 rings (SSSR count). The first kappa shape index (κ1) is 12.8. The van der Waals surface area contributed by atoms with Crippen molar-refractivity contribution in [2.75, 3.05) is 6.54 Å². The molecule has 0 unspecified atom stereocenters. The molecule has 1 aromatic heterocycles. The Labute approximate surface area is 110 Å². The smallest absolute Gasteiger partial charge is 0.254 e. The number of aromatic amines is 1. The minimum atomic E-state index is -0.330. The fraction of sp³-hybridized carbons (Fsp3) is 0.154. The maximum absolute atomic E-state index is 11.5. The van der Waals surface area contributed by atoms with Gasteiger partial charge in [0.05, 0.1) is 18.3 Å². The maximum Gasteiger partial charge on any atom is 0.254 e. The van der Waals surface area contributed by atoms with Crippen LogP contribution in [0.1, 0.15) is 15.9 Å². The van der Waals surface area contributed by atoms with E-state index in [2.05, 4.69) is 20.8 Å². The highest BCUT2D eigenvalue weighted by molar-refractivity contribution is 5.95. The number of aromatic nitrogens is 2. The fourth-order valence-electron chi connectivity index (χ4n) is 1.50. The molecule has 0 atom stereocenters. The van der Waals surface area contributed by atoms with Gasteiger partial charge in [-0.2, -0.15) is 5.10 Å². The lowest BCUT2D eigenvalue weighted by Crippen LogP contribution is -2.36. The van der Waals surface area contributed by atoms with Gasteiger partial charge in [-0.1, -0.05) is 30.3 Å². The van der Waals surface area contributed by atoms with Crippen molar-refractivity contribution >= 4 is 11.8 Å². The summed E-state index contributed by atoms with van der Waals surface area (Å²) in [5.74, 6) is -0.565. The predicted molar refractivity (Wildman–Crippen MR) is 69.2 cm³/mol. The van der Waals surface area contributed by atoms with E-state index in [1.54, 1.807) is 0 Å². The van der Waals surface area contributed by atoms with E-state index in [9.17, 15) is 9.59 Å². The Morgan fingerprint density at radius 2 is 1.95 bits per heavy atom. The van der Waals surface area contributed by atoms with Crippen molar-refractivity contribution in [1.29, 1.82) is 0 Å². The van der Waals surface area contributed by atoms with Crippen LogP contribution in [0.3, 0.4) is 0 Å². The van der Waals surface area contributed by atoms with E-state index in [0.29, 0.717) is 12.1 Å². The molecule has 0 fully saturated rings. The Bertz CT molecular complexity index is 537. The van der Waals surface area contributed by atoms with Gasteiger partial charge < -0.3 is 10.6 Å². The minimum absolute atomic E-state index is 0.0587. The van der Waals surface area contributed by atoms with Crippen LogP contribution in [0.25, 0.3) is 0 Å². The number of hydrogen-bond donors (Lipinski definition) is 3. The Balaban J connectivity index is 1.72. The topological polar surface area (TPSA) is 86.9 Å². The molecule has 0 bridgehead atoms. The summed E-state index contributed by atoms with van der Waals surface area (Å²) in [6.07, 6.45) is 2.87. The van der Waals surface area contributed by atoms with Crippen molar-refractivity contribution in [3.05, 3.63) is 53.9 Å². The van der Waals surface area contributed by atoms with Gasteiger partial charge in [-0.3, -0.25) is 14.7 Å². The largest absolute Gasteiger partial charge is 0.350 e. The number of rotatable bonds is 5. The summed E-state index contributed by atoms with van der Waals surface area (Å²) in [5.41, 5.74) is 1.41. The Morgan fingerprint density at radius 3 is 2.63 bits per heavy atom. The number of H-pyrrole nitrogens is 1. The number of carbonyl (C=O) groups is 2. The highest BCUT2D eigenvalue weighted by Gasteiger charge is 2.08. The van der Waals surface area contributed by atoms with E-state index in [0.717, 1.165) is 5.56 Å². The standard InChI is InChI=1S/C13H14N4O2/c18-12(14-6-10-4-2-1-3-5-10)9-15-13(19)11-7-16-17-8-11/h1-5,7-8H,6,9H2,(H,14,18)(H,15,19)(H,16,17). The molecule has 0 spiro atoms. The SMILES string of the molecule is O=C(CNC(=O)c1cn[nH]c1)NCc1ccccc1. The summed E-state index contributed by atoms with van der Waals surface area (Å²) in [5, 5.41) is 11.4. The Hall–Kier alpha value is -2.63. The van der Waals surface area contributed by atoms with Gasteiger partial charge >= 0.3 is 0 Å². The van der Waals surface area contributed by atoms with Crippen LogP contribution < -0.4 is 10.6 Å². The molecule has 0 saturated carbocycles. The van der Waals surface area contributed by atoms with Gasteiger partial charge in [0.2, 0.25) is 5.91 Å². The van der Waals surface area contributed by atoms with Crippen LogP contribution in [0.2, 0.25) is 0 Å². The Kier molecular flexibility index (Phi) is 4.28. The van der Waals surface area contributed by atoms with E-state index in [-0.39, 0.29) is 18.4 Å². The summed E-state index contributed by atoms with van der Waals surface area (Å²) in [7, 11) is 0. The second kappa shape index (κ2) is 6.34. The number of nitrogens with zero attached hydrogens (tertiary/aromatic N) is 1. The number of amides is 2. The average molecular weight is 258 g/mol. The molecule has 0 aliphatic heterocycles. The third kappa shape index (κ3) is 3.95. The molecule has 98 valence electrons. The zero-order valence-electron chi connectivity index (χ0n) is 10.2. The summed E-state index contributed by atoms with van der Waals surface area (Å²) >= 11 is 0. The van der Waals surface area contributed by atoms with Gasteiger partial charge in [0.25, 0.3) is 5.91 Å². The lowest BCUT2D eigenvalue weighted by Gasteiger charge is -2.06. The molecular weight excluding hydrogens is 244 g/mol. The van der Waals surface area contributed by atoms with Crippen LogP contribution in [0.4, 0.5) is 0 Å². The molecule has 6 heteroatoms. The van der Waals surface area contributed by atoms with Gasteiger partial charge in [-0.15, -0.1) is 0 Å². The third-order valence-electron chi connectivity index (χ3n) is 2.50. The first-order chi connectivity index (χ1) is 9.25. The molecule has 2 amide bonds. The lowest BCUT2D eigenvalue weighted by atomic mass is 10.2. The maximum atomic E-state index is 11.5. The van der Waals surface area contributed by atoms with Crippen LogP contribution in [0.15, 0.2) is 42.7 Å². The highest BCUT2D eigenvalue weighted by atomic mass is 16.2. The first-order valence-electron chi connectivity index (χ1n) is 5.83. The third-order valence-corrected chi connectivity index (χ3v) is 2.50. The average Bonchev–Trinajstić information content (AvgIpc) is 2.98. The zero-order valence-corrected chi connectivity index (χ0v) is 10.2. The van der Waals surface area contributed by atoms with Gasteiger partial charge in [-0.05, 0) is 5.56 Å².